The maximum absolute atomic E-state index is 13.4. The van der Waals surface area contributed by atoms with Crippen LogP contribution < -0.4 is 5.32 Å². The van der Waals surface area contributed by atoms with Gasteiger partial charge in [-0.3, -0.25) is 4.79 Å². The summed E-state index contributed by atoms with van der Waals surface area (Å²) in [4.78, 5) is 17.7. The van der Waals surface area contributed by atoms with Gasteiger partial charge in [0.2, 0.25) is 15.9 Å². The van der Waals surface area contributed by atoms with Crippen LogP contribution in [0.25, 0.3) is 11.3 Å². The Labute approximate surface area is 193 Å². The summed E-state index contributed by atoms with van der Waals surface area (Å²) >= 11 is 1.57. The molecule has 6 nitrogen and oxygen atoms in total. The normalized spacial score (nSPS) is 15.1. The van der Waals surface area contributed by atoms with Gasteiger partial charge in [-0.2, -0.15) is 4.31 Å². The number of carbonyl (C=O) groups is 1. The molecule has 1 aromatic heterocycles. The molecule has 1 saturated carbocycles. The van der Waals surface area contributed by atoms with E-state index in [1.165, 1.54) is 4.31 Å². The van der Waals surface area contributed by atoms with Gasteiger partial charge in [-0.1, -0.05) is 49.6 Å². The summed E-state index contributed by atoms with van der Waals surface area (Å²) in [7, 11) is -3.77. The minimum absolute atomic E-state index is 0.163. The molecule has 0 atom stereocenters. The SMILES string of the molecule is Cc1nc(-c2cccc(NC(=O)CN(C3CCCCC3)S(=O)(=O)c3ccccc3)c2)cs1. The molecular weight excluding hydrogens is 442 g/mol. The van der Waals surface area contributed by atoms with Crippen molar-refractivity contribution in [1.82, 2.24) is 9.29 Å². The zero-order valence-corrected chi connectivity index (χ0v) is 19.7. The van der Waals surface area contributed by atoms with Crippen molar-refractivity contribution < 1.29 is 13.2 Å². The molecule has 32 heavy (non-hydrogen) atoms. The van der Waals surface area contributed by atoms with Crippen molar-refractivity contribution in [3.8, 4) is 11.3 Å². The number of amides is 1. The van der Waals surface area contributed by atoms with Gasteiger partial charge in [0.05, 0.1) is 22.1 Å². The Hall–Kier alpha value is -2.55. The van der Waals surface area contributed by atoms with Crippen LogP contribution in [0.15, 0.2) is 64.9 Å². The summed E-state index contributed by atoms with van der Waals surface area (Å²) in [6.07, 6.45) is 4.60. The molecular formula is C24H27N3O3S2. The predicted molar refractivity (Wildman–Crippen MR) is 128 cm³/mol. The summed E-state index contributed by atoms with van der Waals surface area (Å²) in [5.74, 6) is -0.346. The van der Waals surface area contributed by atoms with Crippen LogP contribution in [0.5, 0.6) is 0 Å². The van der Waals surface area contributed by atoms with Gasteiger partial charge < -0.3 is 5.32 Å². The Kier molecular flexibility index (Phi) is 7.03. The van der Waals surface area contributed by atoms with Gasteiger partial charge in [-0.05, 0) is 44.0 Å². The third-order valence-corrected chi connectivity index (χ3v) is 8.38. The number of sulfonamides is 1. The van der Waals surface area contributed by atoms with Crippen LogP contribution in [0.3, 0.4) is 0 Å². The Morgan fingerprint density at radius 2 is 1.84 bits per heavy atom. The molecule has 0 aliphatic heterocycles. The van der Waals surface area contributed by atoms with Crippen LogP contribution in [-0.2, 0) is 14.8 Å². The Morgan fingerprint density at radius 3 is 2.53 bits per heavy atom. The smallest absolute Gasteiger partial charge is 0.243 e. The zero-order chi connectivity index (χ0) is 22.6. The van der Waals surface area contributed by atoms with E-state index in [9.17, 15) is 13.2 Å². The third-order valence-electron chi connectivity index (χ3n) is 5.69. The number of rotatable bonds is 7. The number of nitrogens with one attached hydrogen (secondary N) is 1. The second-order valence-electron chi connectivity index (χ2n) is 8.04. The second-order valence-corrected chi connectivity index (χ2v) is 11.0. The molecule has 1 fully saturated rings. The fraction of sp³-hybridized carbons (Fsp3) is 0.333. The van der Waals surface area contributed by atoms with Crippen LogP contribution in [0, 0.1) is 6.92 Å². The lowest BCUT2D eigenvalue weighted by Crippen LogP contribution is -2.45. The molecule has 0 saturated heterocycles. The maximum Gasteiger partial charge on any atom is 0.243 e. The van der Waals surface area contributed by atoms with E-state index in [0.717, 1.165) is 48.4 Å². The number of carbonyl (C=O) groups excluding carboxylic acids is 1. The van der Waals surface area contributed by atoms with E-state index in [2.05, 4.69) is 10.3 Å². The first-order chi connectivity index (χ1) is 15.4. The van der Waals surface area contributed by atoms with Gasteiger partial charge in [0.25, 0.3) is 0 Å². The van der Waals surface area contributed by atoms with Crippen LogP contribution in [0.2, 0.25) is 0 Å². The number of benzene rings is 2. The van der Waals surface area contributed by atoms with Crippen molar-refractivity contribution in [2.45, 2.75) is 50.0 Å². The van der Waals surface area contributed by atoms with Crippen LogP contribution in [-0.4, -0.2) is 36.2 Å². The van der Waals surface area contributed by atoms with Crippen molar-refractivity contribution in [2.75, 3.05) is 11.9 Å². The van der Waals surface area contributed by atoms with Crippen molar-refractivity contribution in [1.29, 1.82) is 0 Å². The lowest BCUT2D eigenvalue weighted by atomic mass is 9.95. The highest BCUT2D eigenvalue weighted by Gasteiger charge is 2.33. The molecule has 2 aromatic carbocycles. The van der Waals surface area contributed by atoms with Crippen molar-refractivity contribution in [3.63, 3.8) is 0 Å². The molecule has 168 valence electrons. The van der Waals surface area contributed by atoms with E-state index in [1.54, 1.807) is 47.7 Å². The number of thiazole rings is 1. The molecule has 0 unspecified atom stereocenters. The maximum atomic E-state index is 13.4. The zero-order valence-electron chi connectivity index (χ0n) is 18.0. The van der Waals surface area contributed by atoms with Crippen LogP contribution in [0.4, 0.5) is 5.69 Å². The second kappa shape index (κ2) is 9.94. The van der Waals surface area contributed by atoms with Crippen molar-refractivity contribution in [3.05, 3.63) is 65.0 Å². The summed E-state index contributed by atoms with van der Waals surface area (Å²) in [6.45, 7) is 1.74. The number of hydrogen-bond acceptors (Lipinski definition) is 5. The summed E-state index contributed by atoms with van der Waals surface area (Å²) in [5, 5.41) is 5.84. The molecule has 1 amide bonds. The monoisotopic (exact) mass is 469 g/mol. The molecule has 1 heterocycles. The van der Waals surface area contributed by atoms with Gasteiger partial charge in [0, 0.05) is 22.7 Å². The van der Waals surface area contributed by atoms with Gasteiger partial charge in [0.15, 0.2) is 0 Å². The fourth-order valence-corrected chi connectivity index (χ4v) is 6.39. The number of nitrogens with zero attached hydrogens (tertiary/aromatic N) is 2. The average Bonchev–Trinajstić information content (AvgIpc) is 3.25. The van der Waals surface area contributed by atoms with E-state index < -0.39 is 10.0 Å². The first kappa shape index (κ1) is 22.6. The standard InChI is InChI=1S/C24H27N3O3S2/c1-18-25-23(17-31-18)19-9-8-10-20(15-19)26-24(28)16-27(21-11-4-2-5-12-21)32(29,30)22-13-6-3-7-14-22/h3,6-10,13-15,17,21H,2,4-5,11-12,16H2,1H3,(H,26,28). The molecule has 1 aliphatic carbocycles. The molecule has 1 aliphatic rings. The van der Waals surface area contributed by atoms with Gasteiger partial charge in [0.1, 0.15) is 0 Å². The van der Waals surface area contributed by atoms with Crippen LogP contribution >= 0.6 is 11.3 Å². The molecule has 1 N–H and O–H groups in total. The largest absolute Gasteiger partial charge is 0.325 e. The summed E-state index contributed by atoms with van der Waals surface area (Å²) < 4.78 is 28.2. The van der Waals surface area contributed by atoms with E-state index in [1.807, 2.05) is 30.5 Å². The first-order valence-electron chi connectivity index (χ1n) is 10.8. The number of hydrogen-bond donors (Lipinski definition) is 1. The number of aromatic nitrogens is 1. The first-order valence-corrected chi connectivity index (χ1v) is 13.1. The van der Waals surface area contributed by atoms with Crippen molar-refractivity contribution >= 4 is 33.0 Å². The van der Waals surface area contributed by atoms with E-state index in [4.69, 9.17) is 0 Å². The van der Waals surface area contributed by atoms with Crippen molar-refractivity contribution in [2.24, 2.45) is 0 Å². The highest BCUT2D eigenvalue weighted by molar-refractivity contribution is 7.89. The Bertz CT molecular complexity index is 1170. The molecule has 0 bridgehead atoms. The minimum atomic E-state index is -3.77. The lowest BCUT2D eigenvalue weighted by Gasteiger charge is -2.33. The highest BCUT2D eigenvalue weighted by Crippen LogP contribution is 2.28. The molecule has 0 radical (unpaired) electrons. The van der Waals surface area contributed by atoms with Gasteiger partial charge in [-0.25, -0.2) is 13.4 Å². The van der Waals surface area contributed by atoms with Gasteiger partial charge >= 0.3 is 0 Å². The highest BCUT2D eigenvalue weighted by atomic mass is 32.2. The molecule has 8 heteroatoms. The molecule has 0 spiro atoms. The summed E-state index contributed by atoms with van der Waals surface area (Å²) in [5.41, 5.74) is 2.39. The quantitative estimate of drug-likeness (QED) is 0.523. The number of anilines is 1. The predicted octanol–water partition coefficient (Wildman–Crippen LogP) is 5.08. The number of aryl methyl sites for hydroxylation is 1. The summed E-state index contributed by atoms with van der Waals surface area (Å²) in [6, 6.07) is 15.7. The third kappa shape index (κ3) is 5.26. The van der Waals surface area contributed by atoms with E-state index >= 15 is 0 Å². The van der Waals surface area contributed by atoms with Gasteiger partial charge in [-0.15, -0.1) is 11.3 Å². The molecule has 3 aromatic rings. The lowest BCUT2D eigenvalue weighted by molar-refractivity contribution is -0.116. The molecule has 4 rings (SSSR count). The fourth-order valence-electron chi connectivity index (χ4n) is 4.10. The van der Waals surface area contributed by atoms with E-state index in [0.29, 0.717) is 5.69 Å². The average molecular weight is 470 g/mol. The Balaban J connectivity index is 1.54. The topological polar surface area (TPSA) is 79.4 Å². The minimum Gasteiger partial charge on any atom is -0.325 e. The van der Waals surface area contributed by atoms with E-state index in [-0.39, 0.29) is 23.4 Å². The Morgan fingerprint density at radius 1 is 1.09 bits per heavy atom. The van der Waals surface area contributed by atoms with Crippen LogP contribution in [0.1, 0.15) is 37.1 Å².